The van der Waals surface area contributed by atoms with Crippen LogP contribution >= 0.6 is 11.3 Å². The average molecular weight is 821 g/mol. The van der Waals surface area contributed by atoms with Crippen LogP contribution in [0.15, 0.2) is 243 Å². The third-order valence-corrected chi connectivity index (χ3v) is 13.6. The van der Waals surface area contributed by atoms with Gasteiger partial charge in [0.25, 0.3) is 0 Å². The topological polar surface area (TPSA) is 8.17 Å². The smallest absolute Gasteiger partial charge is 0.0640 e. The van der Waals surface area contributed by atoms with Crippen molar-refractivity contribution in [2.45, 2.75) is 0 Å². The second kappa shape index (κ2) is 15.5. The lowest BCUT2D eigenvalue weighted by Crippen LogP contribution is -2.10. The maximum Gasteiger partial charge on any atom is 0.0640 e. The molecule has 2 nitrogen and oxygen atoms in total. The molecule has 0 fully saturated rings. The molecule has 0 radical (unpaired) electrons. The normalized spacial score (nSPS) is 11.5. The summed E-state index contributed by atoms with van der Waals surface area (Å²) >= 11 is 1.88. The number of benzene rings is 10. The fourth-order valence-electron chi connectivity index (χ4n) is 9.34. The summed E-state index contributed by atoms with van der Waals surface area (Å²) in [6.45, 7) is 0. The standard InChI is InChI=1S/C60H40N2S/c1-3-14-41(15-4-1)43-28-33-49(34-29-43)61(50-35-30-44(31-36-50)42-16-5-2-6-17-42)51-21-12-20-47(39-51)45-18-11-19-46(38-45)48-32-37-57-55(40-48)52-22-7-9-25-56(52)62(57)58-26-13-24-54-53-23-8-10-27-59(53)63-60(54)58/h1-40H. The fraction of sp³-hybridized carbons (Fsp3) is 0. The Labute approximate surface area is 370 Å². The Morgan fingerprint density at radius 3 is 1.44 bits per heavy atom. The van der Waals surface area contributed by atoms with Crippen LogP contribution in [0, 0.1) is 0 Å². The van der Waals surface area contributed by atoms with Crippen LogP contribution in [0.2, 0.25) is 0 Å². The molecule has 0 unspecified atom stereocenters. The zero-order chi connectivity index (χ0) is 41.7. The summed E-state index contributed by atoms with van der Waals surface area (Å²) in [5.74, 6) is 0. The van der Waals surface area contributed by atoms with Crippen LogP contribution in [0.5, 0.6) is 0 Å². The van der Waals surface area contributed by atoms with E-state index in [-0.39, 0.29) is 0 Å². The van der Waals surface area contributed by atoms with Gasteiger partial charge in [-0.25, -0.2) is 0 Å². The predicted octanol–water partition coefficient (Wildman–Crippen LogP) is 17.3. The van der Waals surface area contributed by atoms with E-state index in [1.807, 2.05) is 11.3 Å². The van der Waals surface area contributed by atoms with Crippen molar-refractivity contribution in [3.8, 4) is 50.2 Å². The van der Waals surface area contributed by atoms with Crippen molar-refractivity contribution in [1.29, 1.82) is 0 Å². The minimum atomic E-state index is 1.10. The molecular formula is C60H40N2S. The number of hydrogen-bond acceptors (Lipinski definition) is 2. The quantitative estimate of drug-likeness (QED) is 0.148. The first kappa shape index (κ1) is 36.8. The molecule has 0 spiro atoms. The second-order valence-corrected chi connectivity index (χ2v) is 17.2. The van der Waals surface area contributed by atoms with Crippen LogP contribution in [-0.4, -0.2) is 4.57 Å². The Morgan fingerprint density at radius 2 is 0.762 bits per heavy atom. The highest BCUT2D eigenvalue weighted by molar-refractivity contribution is 7.26. The third kappa shape index (κ3) is 6.58. The predicted molar refractivity (Wildman–Crippen MR) is 270 cm³/mol. The van der Waals surface area contributed by atoms with Crippen molar-refractivity contribution in [3.05, 3.63) is 243 Å². The van der Waals surface area contributed by atoms with Gasteiger partial charge in [-0.2, -0.15) is 0 Å². The van der Waals surface area contributed by atoms with E-state index in [4.69, 9.17) is 0 Å². The zero-order valence-electron chi connectivity index (χ0n) is 34.4. The molecule has 12 rings (SSSR count). The van der Waals surface area contributed by atoms with Gasteiger partial charge in [0.2, 0.25) is 0 Å². The van der Waals surface area contributed by atoms with Crippen molar-refractivity contribution < 1.29 is 0 Å². The molecule has 0 amide bonds. The van der Waals surface area contributed by atoms with E-state index >= 15 is 0 Å². The number of anilines is 3. The molecule has 3 heteroatoms. The number of fused-ring (bicyclic) bond motifs is 6. The Kier molecular flexibility index (Phi) is 9.06. The van der Waals surface area contributed by atoms with Gasteiger partial charge in [0.05, 0.1) is 21.4 Å². The maximum atomic E-state index is 2.46. The Bertz CT molecular complexity index is 3520. The van der Waals surface area contributed by atoms with Gasteiger partial charge < -0.3 is 9.47 Å². The van der Waals surface area contributed by atoms with Crippen LogP contribution in [0.1, 0.15) is 0 Å². The molecule has 12 aromatic rings. The monoisotopic (exact) mass is 820 g/mol. The number of aromatic nitrogens is 1. The summed E-state index contributed by atoms with van der Waals surface area (Å²) in [7, 11) is 0. The summed E-state index contributed by atoms with van der Waals surface area (Å²) in [5, 5.41) is 5.13. The van der Waals surface area contributed by atoms with Crippen LogP contribution in [0.4, 0.5) is 17.1 Å². The molecule has 2 aromatic heterocycles. The molecule has 10 aromatic carbocycles. The van der Waals surface area contributed by atoms with Crippen molar-refractivity contribution in [2.24, 2.45) is 0 Å². The molecule has 2 heterocycles. The van der Waals surface area contributed by atoms with E-state index < -0.39 is 0 Å². The molecule has 0 N–H and O–H groups in total. The van der Waals surface area contributed by atoms with Gasteiger partial charge in [0.1, 0.15) is 0 Å². The fourth-order valence-corrected chi connectivity index (χ4v) is 10.5. The van der Waals surface area contributed by atoms with Crippen molar-refractivity contribution in [3.63, 3.8) is 0 Å². The van der Waals surface area contributed by atoms with Crippen LogP contribution in [0.25, 0.3) is 92.2 Å². The first-order valence-electron chi connectivity index (χ1n) is 21.5. The van der Waals surface area contributed by atoms with Crippen molar-refractivity contribution in [2.75, 3.05) is 4.90 Å². The number of hydrogen-bond donors (Lipinski definition) is 0. The minimum absolute atomic E-state index is 1.10. The van der Waals surface area contributed by atoms with Gasteiger partial charge in [-0.3, -0.25) is 0 Å². The number of rotatable bonds is 8. The lowest BCUT2D eigenvalue weighted by Gasteiger charge is -2.26. The Morgan fingerprint density at radius 1 is 0.286 bits per heavy atom. The van der Waals surface area contributed by atoms with E-state index in [1.165, 1.54) is 86.6 Å². The SMILES string of the molecule is c1ccc(-c2ccc(N(c3ccc(-c4ccccc4)cc3)c3cccc(-c4cccc(-c5ccc6c(c5)c5ccccc5n6-c5cccc6c5sc5ccccc56)c4)c3)cc2)cc1. The summed E-state index contributed by atoms with van der Waals surface area (Å²) < 4.78 is 5.09. The van der Waals surface area contributed by atoms with Crippen LogP contribution in [0.3, 0.4) is 0 Å². The van der Waals surface area contributed by atoms with Crippen LogP contribution in [-0.2, 0) is 0 Å². The molecule has 0 aliphatic heterocycles. The van der Waals surface area contributed by atoms with Gasteiger partial charge >= 0.3 is 0 Å². The van der Waals surface area contributed by atoms with Crippen LogP contribution < -0.4 is 4.90 Å². The summed E-state index contributed by atoms with van der Waals surface area (Å²) in [6.07, 6.45) is 0. The maximum absolute atomic E-state index is 2.46. The molecular weight excluding hydrogens is 781 g/mol. The van der Waals surface area contributed by atoms with E-state index in [9.17, 15) is 0 Å². The van der Waals surface area contributed by atoms with Gasteiger partial charge in [-0.1, -0.05) is 170 Å². The summed E-state index contributed by atoms with van der Waals surface area (Å²) in [6, 6.07) is 88.2. The molecule has 0 bridgehead atoms. The number of nitrogens with zero attached hydrogens (tertiary/aromatic N) is 2. The highest BCUT2D eigenvalue weighted by Gasteiger charge is 2.18. The summed E-state index contributed by atoms with van der Waals surface area (Å²) in [5.41, 5.74) is 16.5. The van der Waals surface area contributed by atoms with E-state index in [0.717, 1.165) is 22.6 Å². The minimum Gasteiger partial charge on any atom is -0.310 e. The largest absolute Gasteiger partial charge is 0.310 e. The molecule has 63 heavy (non-hydrogen) atoms. The Hall–Kier alpha value is -7.98. The van der Waals surface area contributed by atoms with Crippen molar-refractivity contribution >= 4 is 70.4 Å². The third-order valence-electron chi connectivity index (χ3n) is 12.4. The van der Waals surface area contributed by atoms with Gasteiger partial charge in [-0.05, 0) is 117 Å². The highest BCUT2D eigenvalue weighted by atomic mass is 32.1. The van der Waals surface area contributed by atoms with Crippen molar-refractivity contribution in [1.82, 2.24) is 4.57 Å². The van der Waals surface area contributed by atoms with Gasteiger partial charge in [-0.15, -0.1) is 11.3 Å². The van der Waals surface area contributed by atoms with E-state index in [1.54, 1.807) is 0 Å². The first-order valence-corrected chi connectivity index (χ1v) is 22.3. The summed E-state index contributed by atoms with van der Waals surface area (Å²) in [4.78, 5) is 2.36. The number of thiophene rings is 1. The zero-order valence-corrected chi connectivity index (χ0v) is 35.2. The molecule has 0 saturated heterocycles. The average Bonchev–Trinajstić information content (AvgIpc) is 3.91. The molecule has 0 atom stereocenters. The lowest BCUT2D eigenvalue weighted by atomic mass is 9.97. The van der Waals surface area contributed by atoms with Gasteiger partial charge in [0.15, 0.2) is 0 Å². The molecule has 0 saturated carbocycles. The molecule has 296 valence electrons. The van der Waals surface area contributed by atoms with E-state index in [0.29, 0.717) is 0 Å². The Balaban J connectivity index is 0.930. The second-order valence-electron chi connectivity index (χ2n) is 16.1. The first-order chi connectivity index (χ1) is 31.2. The molecule has 0 aliphatic carbocycles. The number of para-hydroxylation sites is 1. The lowest BCUT2D eigenvalue weighted by molar-refractivity contribution is 1.20. The molecule has 0 aliphatic rings. The highest BCUT2D eigenvalue weighted by Crippen LogP contribution is 2.43. The van der Waals surface area contributed by atoms with Gasteiger partial charge in [0, 0.05) is 43.3 Å². The van der Waals surface area contributed by atoms with E-state index in [2.05, 4.69) is 252 Å².